The molecule has 19 heavy (non-hydrogen) atoms. The molecular weight excluding hydrogens is 238 g/mol. The second kappa shape index (κ2) is 6.09. The third-order valence-electron chi connectivity index (χ3n) is 3.68. The van der Waals surface area contributed by atoms with Gasteiger partial charge in [0.25, 0.3) is 5.91 Å². The quantitative estimate of drug-likeness (QED) is 0.884. The van der Waals surface area contributed by atoms with Crippen LogP contribution in [0.4, 0.5) is 0 Å². The summed E-state index contributed by atoms with van der Waals surface area (Å²) in [6.45, 7) is 7.16. The van der Waals surface area contributed by atoms with Crippen molar-refractivity contribution in [1.29, 1.82) is 0 Å². The standard InChI is InChI=1S/C16H23NO2/c1-4-5-14(11(2)3)17-16(18)13-7-6-12-8-9-19-15(12)10-13/h6-7,10-11,14H,4-5,8-9H2,1-3H3,(H,17,18). The minimum absolute atomic E-state index is 0.00505. The van der Waals surface area contributed by atoms with Gasteiger partial charge in [-0.05, 0) is 30.0 Å². The molecule has 1 atom stereocenters. The monoisotopic (exact) mass is 261 g/mol. The molecule has 0 fully saturated rings. The summed E-state index contributed by atoms with van der Waals surface area (Å²) in [5.41, 5.74) is 1.90. The Morgan fingerprint density at radius 2 is 2.21 bits per heavy atom. The lowest BCUT2D eigenvalue weighted by atomic mass is 9.99. The van der Waals surface area contributed by atoms with E-state index in [1.165, 1.54) is 5.56 Å². The molecule has 1 aliphatic rings. The van der Waals surface area contributed by atoms with Gasteiger partial charge in [-0.2, -0.15) is 0 Å². The molecule has 1 aliphatic heterocycles. The Hall–Kier alpha value is -1.51. The highest BCUT2D eigenvalue weighted by molar-refractivity contribution is 5.95. The van der Waals surface area contributed by atoms with E-state index in [4.69, 9.17) is 4.74 Å². The van der Waals surface area contributed by atoms with E-state index in [0.29, 0.717) is 11.5 Å². The lowest BCUT2D eigenvalue weighted by molar-refractivity contribution is 0.0922. The maximum Gasteiger partial charge on any atom is 0.251 e. The second-order valence-corrected chi connectivity index (χ2v) is 5.53. The van der Waals surface area contributed by atoms with Crippen LogP contribution in [0.25, 0.3) is 0 Å². The van der Waals surface area contributed by atoms with Crippen molar-refractivity contribution < 1.29 is 9.53 Å². The number of benzene rings is 1. The maximum atomic E-state index is 12.3. The van der Waals surface area contributed by atoms with Crippen molar-refractivity contribution in [3.63, 3.8) is 0 Å². The minimum atomic E-state index is 0.00505. The molecule has 1 heterocycles. The minimum Gasteiger partial charge on any atom is -0.493 e. The first-order valence-corrected chi connectivity index (χ1v) is 7.18. The Kier molecular flexibility index (Phi) is 4.46. The zero-order chi connectivity index (χ0) is 13.8. The summed E-state index contributed by atoms with van der Waals surface area (Å²) in [6, 6.07) is 6.00. The van der Waals surface area contributed by atoms with Crippen molar-refractivity contribution in [3.05, 3.63) is 29.3 Å². The number of hydrogen-bond acceptors (Lipinski definition) is 2. The molecule has 0 spiro atoms. The van der Waals surface area contributed by atoms with E-state index >= 15 is 0 Å². The molecule has 2 rings (SSSR count). The fourth-order valence-electron chi connectivity index (χ4n) is 2.44. The summed E-state index contributed by atoms with van der Waals surface area (Å²) in [5, 5.41) is 3.13. The molecule has 1 unspecified atom stereocenters. The van der Waals surface area contributed by atoms with Crippen LogP contribution in [0.2, 0.25) is 0 Å². The smallest absolute Gasteiger partial charge is 0.251 e. The Morgan fingerprint density at radius 3 is 2.89 bits per heavy atom. The van der Waals surface area contributed by atoms with Crippen molar-refractivity contribution in [2.45, 2.75) is 46.1 Å². The summed E-state index contributed by atoms with van der Waals surface area (Å²) < 4.78 is 5.51. The van der Waals surface area contributed by atoms with Gasteiger partial charge in [-0.15, -0.1) is 0 Å². The zero-order valence-corrected chi connectivity index (χ0v) is 12.0. The number of ether oxygens (including phenoxy) is 1. The highest BCUT2D eigenvalue weighted by atomic mass is 16.5. The molecule has 1 N–H and O–H groups in total. The first-order valence-electron chi connectivity index (χ1n) is 7.18. The van der Waals surface area contributed by atoms with E-state index in [0.717, 1.165) is 31.6 Å². The summed E-state index contributed by atoms with van der Waals surface area (Å²) in [5.74, 6) is 1.32. The molecule has 0 radical (unpaired) electrons. The Labute approximate surface area is 115 Å². The number of carbonyl (C=O) groups excluding carboxylic acids is 1. The molecule has 1 amide bonds. The van der Waals surface area contributed by atoms with Crippen LogP contribution in [0, 0.1) is 5.92 Å². The van der Waals surface area contributed by atoms with Crippen LogP contribution in [0.3, 0.4) is 0 Å². The molecule has 1 aromatic rings. The topological polar surface area (TPSA) is 38.3 Å². The van der Waals surface area contributed by atoms with Gasteiger partial charge in [-0.3, -0.25) is 4.79 Å². The fourth-order valence-corrected chi connectivity index (χ4v) is 2.44. The van der Waals surface area contributed by atoms with Crippen molar-refractivity contribution in [1.82, 2.24) is 5.32 Å². The molecule has 0 saturated carbocycles. The van der Waals surface area contributed by atoms with E-state index in [2.05, 4.69) is 26.1 Å². The van der Waals surface area contributed by atoms with Crippen LogP contribution in [0.5, 0.6) is 5.75 Å². The van der Waals surface area contributed by atoms with Gasteiger partial charge >= 0.3 is 0 Å². The van der Waals surface area contributed by atoms with Gasteiger partial charge in [0.2, 0.25) is 0 Å². The van der Waals surface area contributed by atoms with Crippen LogP contribution in [0.1, 0.15) is 49.5 Å². The molecule has 1 aromatic carbocycles. The SMILES string of the molecule is CCCC(NC(=O)c1ccc2c(c1)OCC2)C(C)C. The first kappa shape index (κ1) is 13.9. The summed E-state index contributed by atoms with van der Waals surface area (Å²) >= 11 is 0. The highest BCUT2D eigenvalue weighted by Crippen LogP contribution is 2.26. The van der Waals surface area contributed by atoms with Gasteiger partial charge in [0.15, 0.2) is 0 Å². The maximum absolute atomic E-state index is 12.3. The van der Waals surface area contributed by atoms with Crippen molar-refractivity contribution in [2.24, 2.45) is 5.92 Å². The second-order valence-electron chi connectivity index (χ2n) is 5.53. The number of fused-ring (bicyclic) bond motifs is 1. The summed E-state index contributed by atoms with van der Waals surface area (Å²) in [6.07, 6.45) is 3.04. The molecule has 0 bridgehead atoms. The van der Waals surface area contributed by atoms with E-state index in [1.54, 1.807) is 0 Å². The lowest BCUT2D eigenvalue weighted by Gasteiger charge is -2.22. The van der Waals surface area contributed by atoms with Gasteiger partial charge in [-0.25, -0.2) is 0 Å². The van der Waals surface area contributed by atoms with E-state index < -0.39 is 0 Å². The van der Waals surface area contributed by atoms with Crippen molar-refractivity contribution in [3.8, 4) is 5.75 Å². The van der Waals surface area contributed by atoms with Crippen LogP contribution in [-0.2, 0) is 6.42 Å². The van der Waals surface area contributed by atoms with E-state index in [-0.39, 0.29) is 11.9 Å². The Balaban J connectivity index is 2.07. The fraction of sp³-hybridized carbons (Fsp3) is 0.562. The molecule has 0 saturated heterocycles. The number of rotatable bonds is 5. The normalized spacial score (nSPS) is 14.9. The Morgan fingerprint density at radius 1 is 1.42 bits per heavy atom. The van der Waals surface area contributed by atoms with Crippen molar-refractivity contribution in [2.75, 3.05) is 6.61 Å². The van der Waals surface area contributed by atoms with Gasteiger partial charge < -0.3 is 10.1 Å². The van der Waals surface area contributed by atoms with Gasteiger partial charge in [0, 0.05) is 18.0 Å². The molecular formula is C16H23NO2. The zero-order valence-electron chi connectivity index (χ0n) is 12.0. The summed E-state index contributed by atoms with van der Waals surface area (Å²) in [4.78, 5) is 12.3. The van der Waals surface area contributed by atoms with Crippen LogP contribution in [-0.4, -0.2) is 18.6 Å². The summed E-state index contributed by atoms with van der Waals surface area (Å²) in [7, 11) is 0. The largest absolute Gasteiger partial charge is 0.493 e. The van der Waals surface area contributed by atoms with Crippen LogP contribution < -0.4 is 10.1 Å². The van der Waals surface area contributed by atoms with Gasteiger partial charge in [0.1, 0.15) is 5.75 Å². The lowest BCUT2D eigenvalue weighted by Crippen LogP contribution is -2.38. The average Bonchev–Trinajstić information content (AvgIpc) is 2.85. The predicted octanol–water partition coefficient (Wildman–Crippen LogP) is 3.18. The highest BCUT2D eigenvalue weighted by Gasteiger charge is 2.18. The predicted molar refractivity (Wildman–Crippen MR) is 76.6 cm³/mol. The van der Waals surface area contributed by atoms with Gasteiger partial charge in [0.05, 0.1) is 6.61 Å². The third-order valence-corrected chi connectivity index (χ3v) is 3.68. The van der Waals surface area contributed by atoms with Gasteiger partial charge in [-0.1, -0.05) is 33.3 Å². The molecule has 3 nitrogen and oxygen atoms in total. The number of amides is 1. The Bertz CT molecular complexity index is 454. The number of carbonyl (C=O) groups is 1. The molecule has 0 aromatic heterocycles. The average molecular weight is 261 g/mol. The first-order chi connectivity index (χ1) is 9.11. The number of nitrogens with one attached hydrogen (secondary N) is 1. The third kappa shape index (κ3) is 3.28. The van der Waals surface area contributed by atoms with Crippen molar-refractivity contribution >= 4 is 5.91 Å². The van der Waals surface area contributed by atoms with E-state index in [1.807, 2.05) is 18.2 Å². The molecule has 104 valence electrons. The van der Waals surface area contributed by atoms with Crippen LogP contribution in [0.15, 0.2) is 18.2 Å². The number of hydrogen-bond donors (Lipinski definition) is 1. The van der Waals surface area contributed by atoms with E-state index in [9.17, 15) is 4.79 Å². The van der Waals surface area contributed by atoms with Crippen LogP contribution >= 0.6 is 0 Å². The molecule has 3 heteroatoms. The molecule has 0 aliphatic carbocycles.